The van der Waals surface area contributed by atoms with Crippen LogP contribution in [0.4, 0.5) is 0 Å². The summed E-state index contributed by atoms with van der Waals surface area (Å²) in [6, 6.07) is 7.49. The van der Waals surface area contributed by atoms with Gasteiger partial charge in [0.1, 0.15) is 10.6 Å². The molecule has 0 N–H and O–H groups in total. The van der Waals surface area contributed by atoms with Gasteiger partial charge in [-0.15, -0.1) is 0 Å². The van der Waals surface area contributed by atoms with Gasteiger partial charge in [-0.2, -0.15) is 0 Å². The quantitative estimate of drug-likeness (QED) is 0.435. The SMILES string of the molecule is CCCCOc1ccc(C(Br)C(=O)OCC)cc1. The predicted octanol–water partition coefficient (Wildman–Crippen LogP) is 3.86. The van der Waals surface area contributed by atoms with E-state index < -0.39 is 4.83 Å². The second-order valence-corrected chi connectivity index (χ2v) is 4.80. The van der Waals surface area contributed by atoms with Crippen LogP contribution in [0, 0.1) is 0 Å². The molecule has 1 atom stereocenters. The van der Waals surface area contributed by atoms with Crippen molar-refractivity contribution in [1.82, 2.24) is 0 Å². The molecule has 1 aromatic rings. The van der Waals surface area contributed by atoms with Crippen LogP contribution in [0.3, 0.4) is 0 Å². The van der Waals surface area contributed by atoms with Crippen LogP contribution in [0.25, 0.3) is 0 Å². The number of rotatable bonds is 7. The van der Waals surface area contributed by atoms with Crippen molar-refractivity contribution in [1.29, 1.82) is 0 Å². The van der Waals surface area contributed by atoms with E-state index >= 15 is 0 Å². The van der Waals surface area contributed by atoms with Gasteiger partial charge in [0.25, 0.3) is 0 Å². The highest BCUT2D eigenvalue weighted by Crippen LogP contribution is 2.26. The molecule has 0 radical (unpaired) electrons. The maximum Gasteiger partial charge on any atom is 0.324 e. The summed E-state index contributed by atoms with van der Waals surface area (Å²) in [6.45, 7) is 5.04. The van der Waals surface area contributed by atoms with Crippen LogP contribution in [0.2, 0.25) is 0 Å². The smallest absolute Gasteiger partial charge is 0.324 e. The summed E-state index contributed by atoms with van der Waals surface area (Å²) in [5, 5.41) is 0. The van der Waals surface area contributed by atoms with E-state index in [1.807, 2.05) is 24.3 Å². The van der Waals surface area contributed by atoms with Crippen molar-refractivity contribution in [2.75, 3.05) is 13.2 Å². The molecule has 0 bridgehead atoms. The summed E-state index contributed by atoms with van der Waals surface area (Å²) in [6.07, 6.45) is 2.16. The topological polar surface area (TPSA) is 35.5 Å². The van der Waals surface area contributed by atoms with Crippen LogP contribution in [-0.2, 0) is 9.53 Å². The summed E-state index contributed by atoms with van der Waals surface area (Å²) in [5.41, 5.74) is 0.872. The largest absolute Gasteiger partial charge is 0.494 e. The van der Waals surface area contributed by atoms with E-state index in [9.17, 15) is 4.79 Å². The molecule has 100 valence electrons. The number of carbonyl (C=O) groups excluding carboxylic acids is 1. The number of alkyl halides is 1. The highest BCUT2D eigenvalue weighted by molar-refractivity contribution is 9.09. The van der Waals surface area contributed by atoms with Crippen LogP contribution < -0.4 is 4.74 Å². The number of carbonyl (C=O) groups is 1. The number of ether oxygens (including phenoxy) is 2. The van der Waals surface area contributed by atoms with Crippen molar-refractivity contribution in [2.45, 2.75) is 31.5 Å². The molecule has 3 nitrogen and oxygen atoms in total. The minimum atomic E-state index is -0.415. The zero-order valence-electron chi connectivity index (χ0n) is 10.8. The average molecular weight is 315 g/mol. The predicted molar refractivity (Wildman–Crippen MR) is 75.1 cm³/mol. The van der Waals surface area contributed by atoms with Gasteiger partial charge in [-0.05, 0) is 31.0 Å². The third-order valence-electron chi connectivity index (χ3n) is 2.43. The van der Waals surface area contributed by atoms with Crippen LogP contribution in [0.5, 0.6) is 5.75 Å². The summed E-state index contributed by atoms with van der Waals surface area (Å²) in [5.74, 6) is 0.563. The molecular formula is C14H19BrO3. The van der Waals surface area contributed by atoms with Crippen LogP contribution in [0.1, 0.15) is 37.1 Å². The lowest BCUT2D eigenvalue weighted by Gasteiger charge is -2.10. The van der Waals surface area contributed by atoms with Gasteiger partial charge in [-0.25, -0.2) is 0 Å². The second kappa shape index (κ2) is 8.14. The molecule has 0 saturated heterocycles. The Morgan fingerprint density at radius 1 is 1.28 bits per heavy atom. The monoisotopic (exact) mass is 314 g/mol. The van der Waals surface area contributed by atoms with Gasteiger partial charge >= 0.3 is 5.97 Å². The van der Waals surface area contributed by atoms with Crippen molar-refractivity contribution >= 4 is 21.9 Å². The van der Waals surface area contributed by atoms with Gasteiger partial charge in [0.2, 0.25) is 0 Å². The van der Waals surface area contributed by atoms with Crippen molar-refractivity contribution in [3.05, 3.63) is 29.8 Å². The van der Waals surface area contributed by atoms with E-state index in [1.165, 1.54) is 0 Å². The van der Waals surface area contributed by atoms with E-state index in [-0.39, 0.29) is 5.97 Å². The zero-order chi connectivity index (χ0) is 13.4. The third-order valence-corrected chi connectivity index (χ3v) is 3.34. The fraction of sp³-hybridized carbons (Fsp3) is 0.500. The van der Waals surface area contributed by atoms with Gasteiger partial charge in [0, 0.05) is 0 Å². The standard InChI is InChI=1S/C14H19BrO3/c1-3-5-10-18-12-8-6-11(7-9-12)13(15)14(16)17-4-2/h6-9,13H,3-5,10H2,1-2H3. The molecule has 0 saturated carbocycles. The van der Waals surface area contributed by atoms with E-state index in [0.29, 0.717) is 6.61 Å². The Labute approximate surface area is 117 Å². The van der Waals surface area contributed by atoms with Crippen molar-refractivity contribution in [3.63, 3.8) is 0 Å². The molecule has 4 heteroatoms. The zero-order valence-corrected chi connectivity index (χ0v) is 12.4. The minimum absolute atomic E-state index is 0.267. The molecule has 18 heavy (non-hydrogen) atoms. The lowest BCUT2D eigenvalue weighted by atomic mass is 10.1. The number of hydrogen-bond acceptors (Lipinski definition) is 3. The first kappa shape index (κ1) is 15.0. The molecular weight excluding hydrogens is 296 g/mol. The first-order valence-corrected chi connectivity index (χ1v) is 7.14. The second-order valence-electron chi connectivity index (χ2n) is 3.89. The molecule has 0 aromatic heterocycles. The first-order valence-electron chi connectivity index (χ1n) is 6.22. The van der Waals surface area contributed by atoms with Crippen molar-refractivity contribution in [2.24, 2.45) is 0 Å². The Balaban J connectivity index is 2.56. The van der Waals surface area contributed by atoms with E-state index in [4.69, 9.17) is 9.47 Å². The maximum absolute atomic E-state index is 11.5. The molecule has 0 aliphatic rings. The lowest BCUT2D eigenvalue weighted by molar-refractivity contribution is -0.142. The highest BCUT2D eigenvalue weighted by Gasteiger charge is 2.17. The van der Waals surface area contributed by atoms with Crippen molar-refractivity contribution in [3.8, 4) is 5.75 Å². The summed E-state index contributed by atoms with van der Waals surface area (Å²) < 4.78 is 10.5. The Hall–Kier alpha value is -1.03. The van der Waals surface area contributed by atoms with Crippen LogP contribution in [-0.4, -0.2) is 19.2 Å². The van der Waals surface area contributed by atoms with Gasteiger partial charge < -0.3 is 9.47 Å². The first-order chi connectivity index (χ1) is 8.69. The lowest BCUT2D eigenvalue weighted by Crippen LogP contribution is -2.10. The van der Waals surface area contributed by atoms with Crippen molar-refractivity contribution < 1.29 is 14.3 Å². The Bertz CT molecular complexity index is 362. The fourth-order valence-electron chi connectivity index (χ4n) is 1.42. The average Bonchev–Trinajstić information content (AvgIpc) is 2.39. The molecule has 1 unspecified atom stereocenters. The van der Waals surface area contributed by atoms with Gasteiger partial charge in [0.05, 0.1) is 13.2 Å². The highest BCUT2D eigenvalue weighted by atomic mass is 79.9. The van der Waals surface area contributed by atoms with Gasteiger partial charge in [0.15, 0.2) is 0 Å². The van der Waals surface area contributed by atoms with E-state index in [0.717, 1.165) is 30.8 Å². The molecule has 0 aliphatic heterocycles. The maximum atomic E-state index is 11.5. The number of unbranched alkanes of at least 4 members (excludes halogenated alkanes) is 1. The number of hydrogen-bond donors (Lipinski definition) is 0. The minimum Gasteiger partial charge on any atom is -0.494 e. The molecule has 0 spiro atoms. The molecule has 0 aliphatic carbocycles. The normalized spacial score (nSPS) is 11.9. The summed E-state index contributed by atoms with van der Waals surface area (Å²) >= 11 is 3.33. The van der Waals surface area contributed by atoms with Crippen LogP contribution in [0.15, 0.2) is 24.3 Å². The molecule has 1 rings (SSSR count). The van der Waals surface area contributed by atoms with Gasteiger partial charge in [-0.3, -0.25) is 4.79 Å². The fourth-order valence-corrected chi connectivity index (χ4v) is 1.86. The third kappa shape index (κ3) is 4.69. The molecule has 0 heterocycles. The molecule has 1 aromatic carbocycles. The Morgan fingerprint density at radius 2 is 1.94 bits per heavy atom. The Morgan fingerprint density at radius 3 is 2.50 bits per heavy atom. The summed E-state index contributed by atoms with van der Waals surface area (Å²) in [7, 11) is 0. The Kier molecular flexibility index (Phi) is 6.80. The van der Waals surface area contributed by atoms with E-state index in [1.54, 1.807) is 6.92 Å². The number of esters is 1. The number of halogens is 1. The molecule has 0 fully saturated rings. The van der Waals surface area contributed by atoms with Gasteiger partial charge in [-0.1, -0.05) is 41.4 Å². The van der Waals surface area contributed by atoms with Crippen LogP contribution >= 0.6 is 15.9 Å². The molecule has 0 amide bonds. The number of benzene rings is 1. The van der Waals surface area contributed by atoms with E-state index in [2.05, 4.69) is 22.9 Å². The summed E-state index contributed by atoms with van der Waals surface area (Å²) in [4.78, 5) is 11.1.